The van der Waals surface area contributed by atoms with Gasteiger partial charge in [0.25, 0.3) is 0 Å². The van der Waals surface area contributed by atoms with Gasteiger partial charge in [-0.3, -0.25) is 0 Å². The fourth-order valence-corrected chi connectivity index (χ4v) is 0.827. The van der Waals surface area contributed by atoms with Crippen molar-refractivity contribution in [2.75, 3.05) is 0 Å². The Kier molecular flexibility index (Phi) is 3.32. The van der Waals surface area contributed by atoms with E-state index in [1.54, 1.807) is 13.8 Å². The molecular formula is C7H16N2O2. The molecular weight excluding hydrogens is 144 g/mol. The van der Waals surface area contributed by atoms with Gasteiger partial charge in [-0.15, -0.1) is 0 Å². The molecule has 0 heterocycles. The van der Waals surface area contributed by atoms with Crippen LogP contribution in [0.2, 0.25) is 0 Å². The zero-order valence-electron chi connectivity index (χ0n) is 7.26. The number of amides is 1. The van der Waals surface area contributed by atoms with Crippen molar-refractivity contribution in [3.63, 3.8) is 0 Å². The van der Waals surface area contributed by atoms with Crippen LogP contribution in [-0.2, 0) is 4.74 Å². The number of carbonyl (C=O) groups is 1. The first-order valence-corrected chi connectivity index (χ1v) is 3.64. The summed E-state index contributed by atoms with van der Waals surface area (Å²) in [6, 6.07) is -0.171. The molecule has 11 heavy (non-hydrogen) atoms. The maximum absolute atomic E-state index is 10.4. The number of hydrogen-bond donors (Lipinski definition) is 2. The lowest BCUT2D eigenvalue weighted by atomic mass is 9.97. The molecule has 0 spiro atoms. The van der Waals surface area contributed by atoms with Gasteiger partial charge in [-0.1, -0.05) is 6.92 Å². The van der Waals surface area contributed by atoms with E-state index in [9.17, 15) is 4.79 Å². The Balaban J connectivity index is 4.08. The lowest BCUT2D eigenvalue weighted by molar-refractivity contribution is 0.0247. The molecule has 0 radical (unpaired) electrons. The van der Waals surface area contributed by atoms with Gasteiger partial charge >= 0.3 is 6.09 Å². The predicted molar refractivity (Wildman–Crippen MR) is 43.0 cm³/mol. The minimum atomic E-state index is -0.779. The Morgan fingerprint density at radius 2 is 2.09 bits per heavy atom. The van der Waals surface area contributed by atoms with Gasteiger partial charge in [-0.25, -0.2) is 4.79 Å². The van der Waals surface area contributed by atoms with Crippen LogP contribution in [0, 0.1) is 0 Å². The predicted octanol–water partition coefficient (Wildman–Crippen LogP) is 0.598. The van der Waals surface area contributed by atoms with Gasteiger partial charge in [0.15, 0.2) is 0 Å². The molecule has 66 valence electrons. The number of carbonyl (C=O) groups excluding carboxylic acids is 1. The molecule has 1 unspecified atom stereocenters. The van der Waals surface area contributed by atoms with Crippen LogP contribution in [-0.4, -0.2) is 17.7 Å². The summed E-state index contributed by atoms with van der Waals surface area (Å²) in [6.07, 6.45) is -0.0285. The first-order valence-electron chi connectivity index (χ1n) is 3.64. The van der Waals surface area contributed by atoms with Crippen molar-refractivity contribution in [1.82, 2.24) is 0 Å². The summed E-state index contributed by atoms with van der Waals surface area (Å²) in [5.41, 5.74) is 9.85. The van der Waals surface area contributed by atoms with Crippen LogP contribution in [0.15, 0.2) is 0 Å². The summed E-state index contributed by atoms with van der Waals surface area (Å²) in [5, 5.41) is 0. The molecule has 0 aromatic heterocycles. The van der Waals surface area contributed by atoms with Crippen LogP contribution in [0.3, 0.4) is 0 Å². The van der Waals surface area contributed by atoms with Crippen LogP contribution in [0.1, 0.15) is 27.2 Å². The van der Waals surface area contributed by atoms with Gasteiger partial charge in [-0.05, 0) is 20.3 Å². The maximum Gasteiger partial charge on any atom is 0.405 e. The SMILES string of the molecule is CCC(N)C(C)(C)OC(N)=O. The number of rotatable bonds is 3. The Morgan fingerprint density at radius 1 is 1.64 bits per heavy atom. The second-order valence-corrected chi connectivity index (χ2v) is 3.04. The maximum atomic E-state index is 10.4. The van der Waals surface area contributed by atoms with Crippen molar-refractivity contribution in [2.45, 2.75) is 38.8 Å². The van der Waals surface area contributed by atoms with Crippen LogP contribution in [0.4, 0.5) is 4.79 Å². The molecule has 0 saturated carbocycles. The topological polar surface area (TPSA) is 78.3 Å². The van der Waals surface area contributed by atoms with Gasteiger partial charge < -0.3 is 16.2 Å². The van der Waals surface area contributed by atoms with Gasteiger partial charge in [0.2, 0.25) is 0 Å². The molecule has 1 atom stereocenters. The molecule has 0 bridgehead atoms. The number of hydrogen-bond acceptors (Lipinski definition) is 3. The molecule has 0 saturated heterocycles. The van der Waals surface area contributed by atoms with Gasteiger partial charge in [0, 0.05) is 6.04 Å². The zero-order chi connectivity index (χ0) is 9.07. The highest BCUT2D eigenvalue weighted by molar-refractivity contribution is 5.65. The zero-order valence-corrected chi connectivity index (χ0v) is 7.26. The van der Waals surface area contributed by atoms with E-state index < -0.39 is 11.7 Å². The number of nitrogens with two attached hydrogens (primary N) is 2. The number of primary amides is 1. The Morgan fingerprint density at radius 3 is 2.36 bits per heavy atom. The van der Waals surface area contributed by atoms with Crippen molar-refractivity contribution in [2.24, 2.45) is 11.5 Å². The fourth-order valence-electron chi connectivity index (χ4n) is 0.827. The first kappa shape index (κ1) is 10.2. The van der Waals surface area contributed by atoms with E-state index in [1.165, 1.54) is 0 Å². The minimum absolute atomic E-state index is 0.171. The third-order valence-corrected chi connectivity index (χ3v) is 1.70. The Bertz CT molecular complexity index is 145. The third kappa shape index (κ3) is 3.23. The second kappa shape index (κ2) is 3.57. The summed E-state index contributed by atoms with van der Waals surface area (Å²) < 4.78 is 4.80. The Labute approximate surface area is 66.9 Å². The second-order valence-electron chi connectivity index (χ2n) is 3.04. The third-order valence-electron chi connectivity index (χ3n) is 1.70. The quantitative estimate of drug-likeness (QED) is 0.634. The van der Waals surface area contributed by atoms with Crippen molar-refractivity contribution < 1.29 is 9.53 Å². The van der Waals surface area contributed by atoms with E-state index in [1.807, 2.05) is 6.92 Å². The minimum Gasteiger partial charge on any atom is -0.442 e. The average Bonchev–Trinajstić information content (AvgIpc) is 1.83. The fraction of sp³-hybridized carbons (Fsp3) is 0.857. The summed E-state index contributed by atoms with van der Waals surface area (Å²) >= 11 is 0. The summed E-state index contributed by atoms with van der Waals surface area (Å²) in [5.74, 6) is 0. The largest absolute Gasteiger partial charge is 0.442 e. The molecule has 4 nitrogen and oxygen atoms in total. The number of ether oxygens (including phenoxy) is 1. The van der Waals surface area contributed by atoms with Crippen molar-refractivity contribution >= 4 is 6.09 Å². The van der Waals surface area contributed by atoms with E-state index >= 15 is 0 Å². The molecule has 1 amide bonds. The van der Waals surface area contributed by atoms with E-state index in [4.69, 9.17) is 16.2 Å². The van der Waals surface area contributed by atoms with E-state index in [-0.39, 0.29) is 6.04 Å². The lowest BCUT2D eigenvalue weighted by Crippen LogP contribution is -2.47. The van der Waals surface area contributed by atoms with Crippen LogP contribution in [0.25, 0.3) is 0 Å². The van der Waals surface area contributed by atoms with Gasteiger partial charge in [-0.2, -0.15) is 0 Å². The normalized spacial score (nSPS) is 14.2. The van der Waals surface area contributed by atoms with E-state index in [0.29, 0.717) is 0 Å². The molecule has 0 aliphatic heterocycles. The highest BCUT2D eigenvalue weighted by Crippen LogP contribution is 2.14. The molecule has 0 aliphatic carbocycles. The monoisotopic (exact) mass is 160 g/mol. The van der Waals surface area contributed by atoms with Crippen LogP contribution in [0.5, 0.6) is 0 Å². The molecule has 0 rings (SSSR count). The summed E-state index contributed by atoms with van der Waals surface area (Å²) in [6.45, 7) is 5.41. The molecule has 0 fully saturated rings. The highest BCUT2D eigenvalue weighted by Gasteiger charge is 2.28. The highest BCUT2D eigenvalue weighted by atomic mass is 16.6. The van der Waals surface area contributed by atoms with Crippen molar-refractivity contribution in [1.29, 1.82) is 0 Å². The average molecular weight is 160 g/mol. The molecule has 4 heteroatoms. The van der Waals surface area contributed by atoms with Crippen LogP contribution >= 0.6 is 0 Å². The van der Waals surface area contributed by atoms with Crippen molar-refractivity contribution in [3.8, 4) is 0 Å². The first-order chi connectivity index (χ1) is 4.90. The summed E-state index contributed by atoms with van der Waals surface area (Å²) in [4.78, 5) is 10.4. The van der Waals surface area contributed by atoms with E-state index in [0.717, 1.165) is 6.42 Å². The lowest BCUT2D eigenvalue weighted by Gasteiger charge is -2.29. The standard InChI is InChI=1S/C7H16N2O2/c1-4-5(8)7(2,3)11-6(9)10/h5H,4,8H2,1-3H3,(H2,9,10). The molecule has 0 aliphatic rings. The van der Waals surface area contributed by atoms with Crippen molar-refractivity contribution in [3.05, 3.63) is 0 Å². The molecule has 4 N–H and O–H groups in total. The van der Waals surface area contributed by atoms with Crippen LogP contribution < -0.4 is 11.5 Å². The molecule has 0 aromatic carbocycles. The molecule has 0 aromatic rings. The van der Waals surface area contributed by atoms with Gasteiger partial charge in [0.05, 0.1) is 0 Å². The smallest absolute Gasteiger partial charge is 0.405 e. The van der Waals surface area contributed by atoms with E-state index in [2.05, 4.69) is 0 Å². The Hall–Kier alpha value is -0.770. The summed E-state index contributed by atoms with van der Waals surface area (Å²) in [7, 11) is 0. The van der Waals surface area contributed by atoms with Gasteiger partial charge in [0.1, 0.15) is 5.60 Å².